The number of carbonyl (C=O) groups excluding carboxylic acids is 1. The number of hydrogen-bond acceptors (Lipinski definition) is 4. The van der Waals surface area contributed by atoms with Gasteiger partial charge in [0.15, 0.2) is 0 Å². The molecule has 0 spiro atoms. The molecule has 1 N–H and O–H groups in total. The molecule has 2 aromatic rings. The second kappa shape index (κ2) is 10.3. The molecule has 0 bridgehead atoms. The third-order valence-electron chi connectivity index (χ3n) is 5.85. The highest BCUT2D eigenvalue weighted by atomic mass is 32.2. The lowest BCUT2D eigenvalue weighted by Crippen LogP contribution is -2.42. The fourth-order valence-electron chi connectivity index (χ4n) is 3.92. The van der Waals surface area contributed by atoms with Crippen LogP contribution in [-0.2, 0) is 16.4 Å². The first kappa shape index (κ1) is 23.3. The lowest BCUT2D eigenvalue weighted by Gasteiger charge is -2.32. The Morgan fingerprint density at radius 3 is 2.61 bits per heavy atom. The average Bonchev–Trinajstić information content (AvgIpc) is 2.78. The lowest BCUT2D eigenvalue weighted by molar-refractivity contribution is 0.0938. The zero-order chi connectivity index (χ0) is 22.4. The van der Waals surface area contributed by atoms with Crippen molar-refractivity contribution in [2.24, 2.45) is 0 Å². The summed E-state index contributed by atoms with van der Waals surface area (Å²) in [5.74, 6) is 0.560. The highest BCUT2D eigenvalue weighted by Crippen LogP contribution is 2.25. The Labute approximate surface area is 185 Å². The van der Waals surface area contributed by atoms with E-state index in [4.69, 9.17) is 4.74 Å². The molecule has 1 aliphatic rings. The molecule has 0 aliphatic carbocycles. The van der Waals surface area contributed by atoms with Crippen LogP contribution in [0.2, 0.25) is 0 Å². The highest BCUT2D eigenvalue weighted by molar-refractivity contribution is 7.89. The van der Waals surface area contributed by atoms with Crippen molar-refractivity contribution in [2.75, 3.05) is 13.7 Å². The Morgan fingerprint density at radius 2 is 1.94 bits per heavy atom. The molecule has 31 heavy (non-hydrogen) atoms. The fraction of sp³-hybridized carbons (Fsp3) is 0.458. The van der Waals surface area contributed by atoms with E-state index in [0.29, 0.717) is 12.1 Å². The molecule has 3 rings (SSSR count). The Kier molecular flexibility index (Phi) is 7.73. The number of carbonyl (C=O) groups is 1. The van der Waals surface area contributed by atoms with E-state index >= 15 is 0 Å². The van der Waals surface area contributed by atoms with Crippen LogP contribution in [0.25, 0.3) is 0 Å². The molecule has 1 saturated heterocycles. The zero-order valence-corrected chi connectivity index (χ0v) is 19.3. The van der Waals surface area contributed by atoms with Crippen molar-refractivity contribution in [2.45, 2.75) is 62.9 Å². The Morgan fingerprint density at radius 1 is 1.19 bits per heavy atom. The first-order valence-electron chi connectivity index (χ1n) is 10.9. The number of rotatable bonds is 8. The van der Waals surface area contributed by atoms with Crippen LogP contribution in [0, 0.1) is 0 Å². The van der Waals surface area contributed by atoms with Crippen LogP contribution in [0.5, 0.6) is 5.75 Å². The van der Waals surface area contributed by atoms with Gasteiger partial charge in [-0.1, -0.05) is 24.6 Å². The molecule has 1 fully saturated rings. The number of hydrogen-bond donors (Lipinski definition) is 1. The van der Waals surface area contributed by atoms with E-state index < -0.39 is 10.0 Å². The summed E-state index contributed by atoms with van der Waals surface area (Å²) in [4.78, 5) is 12.9. The summed E-state index contributed by atoms with van der Waals surface area (Å²) in [5.41, 5.74) is 1.53. The Balaban J connectivity index is 1.62. The smallest absolute Gasteiger partial charge is 0.251 e. The summed E-state index contributed by atoms with van der Waals surface area (Å²) in [5, 5.41) is 2.98. The van der Waals surface area contributed by atoms with Crippen LogP contribution < -0.4 is 10.1 Å². The molecule has 1 heterocycles. The number of nitrogens with one attached hydrogen (secondary N) is 1. The van der Waals surface area contributed by atoms with Crippen molar-refractivity contribution < 1.29 is 17.9 Å². The molecule has 2 atom stereocenters. The van der Waals surface area contributed by atoms with E-state index in [1.165, 1.54) is 11.6 Å². The first-order valence-corrected chi connectivity index (χ1v) is 12.3. The van der Waals surface area contributed by atoms with Gasteiger partial charge in [-0.2, -0.15) is 4.31 Å². The van der Waals surface area contributed by atoms with E-state index in [2.05, 4.69) is 5.32 Å². The van der Waals surface area contributed by atoms with Gasteiger partial charge in [0.2, 0.25) is 10.0 Å². The second-order valence-electron chi connectivity index (χ2n) is 8.25. The van der Waals surface area contributed by atoms with Gasteiger partial charge in [-0.25, -0.2) is 8.42 Å². The van der Waals surface area contributed by atoms with Gasteiger partial charge in [0.05, 0.1) is 12.0 Å². The molecular formula is C24H32N2O4S. The second-order valence-corrected chi connectivity index (χ2v) is 10.1. The molecule has 6 nitrogen and oxygen atoms in total. The molecule has 2 unspecified atom stereocenters. The normalized spacial score (nSPS) is 18.4. The molecule has 0 saturated carbocycles. The van der Waals surface area contributed by atoms with Crippen LogP contribution in [0.15, 0.2) is 53.4 Å². The van der Waals surface area contributed by atoms with Crippen LogP contribution in [0.3, 0.4) is 0 Å². The number of amides is 1. The van der Waals surface area contributed by atoms with Crippen LogP contribution in [0.4, 0.5) is 0 Å². The third kappa shape index (κ3) is 5.86. The highest BCUT2D eigenvalue weighted by Gasteiger charge is 2.31. The molecule has 0 radical (unpaired) electrons. The monoisotopic (exact) mass is 444 g/mol. The number of nitrogens with zero attached hydrogens (tertiary/aromatic N) is 1. The summed E-state index contributed by atoms with van der Waals surface area (Å²) in [6.07, 6.45) is 4.39. The van der Waals surface area contributed by atoms with Gasteiger partial charge in [0, 0.05) is 24.2 Å². The van der Waals surface area contributed by atoms with Gasteiger partial charge in [-0.3, -0.25) is 4.79 Å². The van der Waals surface area contributed by atoms with Crippen molar-refractivity contribution in [3.8, 4) is 5.75 Å². The molecule has 0 aromatic heterocycles. The van der Waals surface area contributed by atoms with E-state index in [-0.39, 0.29) is 22.9 Å². The number of sulfonamides is 1. The van der Waals surface area contributed by atoms with Gasteiger partial charge in [0.25, 0.3) is 5.91 Å². The Bertz CT molecular complexity index is 989. The topological polar surface area (TPSA) is 75.7 Å². The van der Waals surface area contributed by atoms with Crippen LogP contribution >= 0.6 is 0 Å². The zero-order valence-electron chi connectivity index (χ0n) is 18.5. The number of benzene rings is 2. The van der Waals surface area contributed by atoms with Gasteiger partial charge >= 0.3 is 0 Å². The average molecular weight is 445 g/mol. The fourth-order valence-corrected chi connectivity index (χ4v) is 5.66. The minimum atomic E-state index is -3.60. The summed E-state index contributed by atoms with van der Waals surface area (Å²) in [7, 11) is -1.97. The van der Waals surface area contributed by atoms with Crippen molar-refractivity contribution in [3.05, 3.63) is 59.7 Å². The predicted molar refractivity (Wildman–Crippen MR) is 122 cm³/mol. The van der Waals surface area contributed by atoms with Gasteiger partial charge in [-0.05, 0) is 75.4 Å². The largest absolute Gasteiger partial charge is 0.497 e. The summed E-state index contributed by atoms with van der Waals surface area (Å²) >= 11 is 0. The number of methoxy groups -OCH3 is 1. The third-order valence-corrected chi connectivity index (χ3v) is 7.86. The van der Waals surface area contributed by atoms with E-state index in [1.54, 1.807) is 29.6 Å². The summed E-state index contributed by atoms with van der Waals surface area (Å²) in [6.45, 7) is 4.43. The molecule has 168 valence electrons. The molecular weight excluding hydrogens is 412 g/mol. The van der Waals surface area contributed by atoms with Gasteiger partial charge in [0.1, 0.15) is 5.75 Å². The maximum absolute atomic E-state index is 13.1. The predicted octanol–water partition coefficient (Wildman–Crippen LogP) is 4.01. The van der Waals surface area contributed by atoms with Gasteiger partial charge in [-0.15, -0.1) is 0 Å². The summed E-state index contributed by atoms with van der Waals surface area (Å²) < 4.78 is 32.9. The molecule has 1 aliphatic heterocycles. The minimum absolute atomic E-state index is 0.0193. The van der Waals surface area contributed by atoms with Crippen molar-refractivity contribution >= 4 is 15.9 Å². The van der Waals surface area contributed by atoms with E-state index in [9.17, 15) is 13.2 Å². The quantitative estimate of drug-likeness (QED) is 0.668. The van der Waals surface area contributed by atoms with Crippen LogP contribution in [0.1, 0.15) is 55.5 Å². The van der Waals surface area contributed by atoms with E-state index in [1.807, 2.05) is 38.1 Å². The molecule has 2 aromatic carbocycles. The van der Waals surface area contributed by atoms with Crippen LogP contribution in [-0.4, -0.2) is 44.4 Å². The van der Waals surface area contributed by atoms with Gasteiger partial charge < -0.3 is 10.1 Å². The number of piperidine rings is 1. The number of aryl methyl sites for hydroxylation is 1. The minimum Gasteiger partial charge on any atom is -0.497 e. The maximum atomic E-state index is 13.1. The lowest BCUT2D eigenvalue weighted by atomic mass is 10.1. The first-order chi connectivity index (χ1) is 14.8. The van der Waals surface area contributed by atoms with E-state index in [0.717, 1.165) is 37.9 Å². The molecule has 1 amide bonds. The Hall–Kier alpha value is -2.38. The maximum Gasteiger partial charge on any atom is 0.251 e. The SMILES string of the molecule is COc1ccc(CCC(C)NC(=O)c2cccc(S(=O)(=O)N3CCCCC3C)c2)cc1. The number of ether oxygens (including phenoxy) is 1. The van der Waals surface area contributed by atoms with Crippen molar-refractivity contribution in [1.29, 1.82) is 0 Å². The standard InChI is InChI=1S/C24H32N2O4S/c1-18(10-11-20-12-14-22(30-3)15-13-20)25-24(27)21-8-6-9-23(17-21)31(28,29)26-16-5-4-7-19(26)2/h6,8-9,12-15,17-19H,4-5,7,10-11,16H2,1-3H3,(H,25,27). The summed E-state index contributed by atoms with van der Waals surface area (Å²) in [6, 6.07) is 14.2. The molecule has 7 heteroatoms. The van der Waals surface area contributed by atoms with Crippen molar-refractivity contribution in [1.82, 2.24) is 9.62 Å². The van der Waals surface area contributed by atoms with Crippen molar-refractivity contribution in [3.63, 3.8) is 0 Å².